The second-order valence-electron chi connectivity index (χ2n) is 3.67. The molecule has 0 atom stereocenters. The molecule has 0 saturated heterocycles. The number of rotatable bonds is 3. The fourth-order valence-corrected chi connectivity index (χ4v) is 1.56. The van der Waals surface area contributed by atoms with Crippen molar-refractivity contribution < 1.29 is 4.39 Å². The van der Waals surface area contributed by atoms with Gasteiger partial charge in [-0.1, -0.05) is 0 Å². The van der Waals surface area contributed by atoms with Crippen molar-refractivity contribution in [2.24, 2.45) is 0 Å². The van der Waals surface area contributed by atoms with E-state index in [9.17, 15) is 4.39 Å². The molecule has 0 aliphatic carbocycles. The SMILES string of the molecule is CCNc1ccc(-c2cc(F)cc(C#N)c2)nn1. The van der Waals surface area contributed by atoms with Gasteiger partial charge >= 0.3 is 0 Å². The first kappa shape index (κ1) is 12.0. The van der Waals surface area contributed by atoms with Crippen molar-refractivity contribution >= 4 is 5.82 Å². The molecule has 0 aliphatic rings. The molecule has 0 spiro atoms. The summed E-state index contributed by atoms with van der Waals surface area (Å²) >= 11 is 0. The molecule has 0 unspecified atom stereocenters. The summed E-state index contributed by atoms with van der Waals surface area (Å²) in [6.07, 6.45) is 0. The summed E-state index contributed by atoms with van der Waals surface area (Å²) < 4.78 is 13.3. The molecule has 0 bridgehead atoms. The predicted molar refractivity (Wildman–Crippen MR) is 66.3 cm³/mol. The largest absolute Gasteiger partial charge is 0.369 e. The van der Waals surface area contributed by atoms with Crippen molar-refractivity contribution in [1.82, 2.24) is 10.2 Å². The summed E-state index contributed by atoms with van der Waals surface area (Å²) in [4.78, 5) is 0. The van der Waals surface area contributed by atoms with E-state index in [4.69, 9.17) is 5.26 Å². The van der Waals surface area contributed by atoms with Crippen LogP contribution in [0.1, 0.15) is 12.5 Å². The van der Waals surface area contributed by atoms with E-state index in [1.807, 2.05) is 13.0 Å². The van der Waals surface area contributed by atoms with E-state index >= 15 is 0 Å². The van der Waals surface area contributed by atoms with Crippen molar-refractivity contribution in [3.63, 3.8) is 0 Å². The molecule has 18 heavy (non-hydrogen) atoms. The Hall–Kier alpha value is -2.48. The van der Waals surface area contributed by atoms with E-state index in [0.717, 1.165) is 6.54 Å². The first-order valence-electron chi connectivity index (χ1n) is 5.51. The molecule has 1 N–H and O–H groups in total. The maximum atomic E-state index is 13.3. The van der Waals surface area contributed by atoms with E-state index in [-0.39, 0.29) is 5.56 Å². The molecule has 1 heterocycles. The minimum absolute atomic E-state index is 0.266. The Morgan fingerprint density at radius 1 is 1.28 bits per heavy atom. The van der Waals surface area contributed by atoms with Gasteiger partial charge in [-0.3, -0.25) is 0 Å². The maximum Gasteiger partial charge on any atom is 0.148 e. The van der Waals surface area contributed by atoms with Gasteiger partial charge in [-0.05, 0) is 37.3 Å². The van der Waals surface area contributed by atoms with Gasteiger partial charge in [0.1, 0.15) is 11.6 Å². The van der Waals surface area contributed by atoms with Gasteiger partial charge in [0.25, 0.3) is 0 Å². The molecule has 4 nitrogen and oxygen atoms in total. The lowest BCUT2D eigenvalue weighted by molar-refractivity contribution is 0.627. The van der Waals surface area contributed by atoms with Crippen LogP contribution >= 0.6 is 0 Å². The lowest BCUT2D eigenvalue weighted by Gasteiger charge is -2.03. The fourth-order valence-electron chi connectivity index (χ4n) is 1.56. The Labute approximate surface area is 104 Å². The quantitative estimate of drug-likeness (QED) is 0.898. The van der Waals surface area contributed by atoms with E-state index in [1.54, 1.807) is 18.2 Å². The average Bonchev–Trinajstić information content (AvgIpc) is 2.39. The first-order valence-corrected chi connectivity index (χ1v) is 5.51. The van der Waals surface area contributed by atoms with Crippen LogP contribution in [0.5, 0.6) is 0 Å². The number of nitrogens with zero attached hydrogens (tertiary/aromatic N) is 3. The highest BCUT2D eigenvalue weighted by Gasteiger charge is 2.05. The Bertz CT molecular complexity index is 587. The predicted octanol–water partition coefficient (Wildman–Crippen LogP) is 2.59. The molecular weight excluding hydrogens is 231 g/mol. The standard InChI is InChI=1S/C13H11FN4/c1-2-16-13-4-3-12(17-18-13)10-5-9(8-15)6-11(14)7-10/h3-7H,2H2,1H3,(H,16,18). The Kier molecular flexibility index (Phi) is 3.49. The molecule has 1 aromatic heterocycles. The summed E-state index contributed by atoms with van der Waals surface area (Å²) in [5.41, 5.74) is 1.34. The zero-order chi connectivity index (χ0) is 13.0. The van der Waals surface area contributed by atoms with Gasteiger partial charge in [0.05, 0.1) is 17.3 Å². The van der Waals surface area contributed by atoms with E-state index in [1.165, 1.54) is 12.1 Å². The number of anilines is 1. The number of halogens is 1. The van der Waals surface area contributed by atoms with Gasteiger partial charge in [0.15, 0.2) is 0 Å². The van der Waals surface area contributed by atoms with Crippen LogP contribution in [0.25, 0.3) is 11.3 Å². The van der Waals surface area contributed by atoms with Gasteiger partial charge < -0.3 is 5.32 Å². The Morgan fingerprint density at radius 3 is 2.72 bits per heavy atom. The monoisotopic (exact) mass is 242 g/mol. The van der Waals surface area contributed by atoms with E-state index in [2.05, 4.69) is 15.5 Å². The molecule has 0 amide bonds. The highest BCUT2D eigenvalue weighted by Crippen LogP contribution is 2.20. The zero-order valence-corrected chi connectivity index (χ0v) is 9.81. The minimum Gasteiger partial charge on any atom is -0.369 e. The highest BCUT2D eigenvalue weighted by atomic mass is 19.1. The third-order valence-electron chi connectivity index (χ3n) is 2.35. The lowest BCUT2D eigenvalue weighted by atomic mass is 10.1. The van der Waals surface area contributed by atoms with Crippen molar-refractivity contribution in [1.29, 1.82) is 5.26 Å². The Balaban J connectivity index is 2.36. The number of aromatic nitrogens is 2. The summed E-state index contributed by atoms with van der Waals surface area (Å²) in [5.74, 6) is 0.208. The normalized spacial score (nSPS) is 9.83. The third-order valence-corrected chi connectivity index (χ3v) is 2.35. The van der Waals surface area contributed by atoms with Crippen LogP contribution in [0.4, 0.5) is 10.2 Å². The van der Waals surface area contributed by atoms with E-state index in [0.29, 0.717) is 17.1 Å². The molecule has 0 fully saturated rings. The van der Waals surface area contributed by atoms with Crippen LogP contribution in [-0.4, -0.2) is 16.7 Å². The molecule has 90 valence electrons. The molecule has 0 aliphatic heterocycles. The van der Waals surface area contributed by atoms with Crippen LogP contribution in [-0.2, 0) is 0 Å². The van der Waals surface area contributed by atoms with Crippen molar-refractivity contribution in [3.8, 4) is 17.3 Å². The first-order chi connectivity index (χ1) is 8.72. The van der Waals surface area contributed by atoms with Gasteiger partial charge in [-0.15, -0.1) is 10.2 Å². The number of nitrogens with one attached hydrogen (secondary N) is 1. The van der Waals surface area contributed by atoms with Crippen LogP contribution < -0.4 is 5.32 Å². The van der Waals surface area contributed by atoms with Crippen LogP contribution in [0.15, 0.2) is 30.3 Å². The molecule has 1 aromatic carbocycles. The number of nitriles is 1. The number of hydrogen-bond acceptors (Lipinski definition) is 4. The molecule has 5 heteroatoms. The summed E-state index contributed by atoms with van der Waals surface area (Å²) in [7, 11) is 0. The smallest absolute Gasteiger partial charge is 0.148 e. The van der Waals surface area contributed by atoms with E-state index < -0.39 is 5.82 Å². The molecule has 2 aromatic rings. The van der Waals surface area contributed by atoms with Crippen LogP contribution in [0.3, 0.4) is 0 Å². The summed E-state index contributed by atoms with van der Waals surface area (Å²) in [5, 5.41) is 19.8. The summed E-state index contributed by atoms with van der Waals surface area (Å²) in [6.45, 7) is 2.72. The molecular formula is C13H11FN4. The van der Waals surface area contributed by atoms with Crippen LogP contribution in [0, 0.1) is 17.1 Å². The zero-order valence-electron chi connectivity index (χ0n) is 9.81. The number of hydrogen-bond donors (Lipinski definition) is 1. The molecule has 0 radical (unpaired) electrons. The third kappa shape index (κ3) is 2.61. The van der Waals surface area contributed by atoms with Gasteiger partial charge in [0, 0.05) is 12.1 Å². The van der Waals surface area contributed by atoms with Crippen molar-refractivity contribution in [3.05, 3.63) is 41.7 Å². The second kappa shape index (κ2) is 5.23. The van der Waals surface area contributed by atoms with Crippen molar-refractivity contribution in [2.75, 3.05) is 11.9 Å². The van der Waals surface area contributed by atoms with Gasteiger partial charge in [-0.25, -0.2) is 4.39 Å². The molecule has 2 rings (SSSR count). The maximum absolute atomic E-state index is 13.3. The van der Waals surface area contributed by atoms with Crippen LogP contribution in [0.2, 0.25) is 0 Å². The summed E-state index contributed by atoms with van der Waals surface area (Å²) in [6, 6.07) is 9.51. The number of benzene rings is 1. The van der Waals surface area contributed by atoms with Crippen molar-refractivity contribution in [2.45, 2.75) is 6.92 Å². The minimum atomic E-state index is -0.457. The highest BCUT2D eigenvalue weighted by molar-refractivity contribution is 5.61. The van der Waals surface area contributed by atoms with Gasteiger partial charge in [-0.2, -0.15) is 5.26 Å². The Morgan fingerprint density at radius 2 is 2.11 bits per heavy atom. The van der Waals surface area contributed by atoms with Gasteiger partial charge in [0.2, 0.25) is 0 Å². The lowest BCUT2D eigenvalue weighted by Crippen LogP contribution is -2.00. The topological polar surface area (TPSA) is 61.6 Å². The second-order valence-corrected chi connectivity index (χ2v) is 3.67. The average molecular weight is 242 g/mol. The molecule has 0 saturated carbocycles. The fraction of sp³-hybridized carbons (Fsp3) is 0.154.